The van der Waals surface area contributed by atoms with Gasteiger partial charge < -0.3 is 10.6 Å². The molecular weight excluding hydrogens is 342 g/mol. The summed E-state index contributed by atoms with van der Waals surface area (Å²) in [6, 6.07) is 9.88. The molecule has 116 valence electrons. The fraction of sp³-hybridized carbons (Fsp3) is 0.294. The van der Waals surface area contributed by atoms with E-state index in [0.717, 1.165) is 33.5 Å². The fourth-order valence-electron chi connectivity index (χ4n) is 2.12. The Labute approximate surface area is 139 Å². The summed E-state index contributed by atoms with van der Waals surface area (Å²) in [5, 5.41) is 6.23. The number of amides is 1. The molecule has 0 atom stereocenters. The highest BCUT2D eigenvalue weighted by Crippen LogP contribution is 2.18. The number of benzene rings is 1. The minimum Gasteiger partial charge on any atom is -0.366 e. The Hall–Kier alpha value is -1.88. The molecule has 0 aliphatic carbocycles. The topological polar surface area (TPSA) is 54.0 Å². The lowest BCUT2D eigenvalue weighted by Gasteiger charge is -2.10. The number of carbonyl (C=O) groups excluding carboxylic acids is 1. The van der Waals surface area contributed by atoms with Gasteiger partial charge in [0.15, 0.2) is 0 Å². The number of halogens is 1. The molecule has 0 saturated heterocycles. The van der Waals surface area contributed by atoms with Crippen LogP contribution in [0.5, 0.6) is 0 Å². The molecule has 1 aromatic carbocycles. The molecule has 0 radical (unpaired) electrons. The first-order chi connectivity index (χ1) is 10.6. The van der Waals surface area contributed by atoms with Crippen LogP contribution in [-0.4, -0.2) is 10.9 Å². The van der Waals surface area contributed by atoms with Gasteiger partial charge in [-0.15, -0.1) is 0 Å². The van der Waals surface area contributed by atoms with Crippen LogP contribution in [0.3, 0.4) is 0 Å². The Morgan fingerprint density at radius 2 is 2.14 bits per heavy atom. The lowest BCUT2D eigenvalue weighted by atomic mass is 10.2. The van der Waals surface area contributed by atoms with Gasteiger partial charge >= 0.3 is 0 Å². The fourth-order valence-corrected chi connectivity index (χ4v) is 2.57. The van der Waals surface area contributed by atoms with Crippen molar-refractivity contribution in [1.29, 1.82) is 0 Å². The molecule has 2 aromatic rings. The number of hydrogen-bond donors (Lipinski definition) is 2. The van der Waals surface area contributed by atoms with Gasteiger partial charge in [-0.05, 0) is 58.6 Å². The summed E-state index contributed by atoms with van der Waals surface area (Å²) in [7, 11) is 0. The molecule has 2 N–H and O–H groups in total. The first-order valence-corrected chi connectivity index (χ1v) is 8.12. The minimum absolute atomic E-state index is 0.0537. The van der Waals surface area contributed by atoms with Crippen molar-refractivity contribution < 1.29 is 4.79 Å². The number of hydrogen-bond acceptors (Lipinski definition) is 3. The van der Waals surface area contributed by atoms with Crippen LogP contribution in [0.4, 0.5) is 11.5 Å². The molecule has 2 rings (SSSR count). The normalized spacial score (nSPS) is 10.3. The van der Waals surface area contributed by atoms with Crippen LogP contribution < -0.4 is 10.6 Å². The molecule has 0 fully saturated rings. The maximum Gasteiger partial charge on any atom is 0.224 e. The first kappa shape index (κ1) is 16.5. The van der Waals surface area contributed by atoms with Crippen molar-refractivity contribution in [2.45, 2.75) is 33.2 Å². The first-order valence-electron chi connectivity index (χ1n) is 7.33. The standard InChI is InChI=1S/C17H20BrN3O/c1-3-5-16(22)21-15-7-4-6-13(9-15)10-19-17-12(2)8-14(18)11-20-17/h4,6-9,11H,3,5,10H2,1-2H3,(H,19,20)(H,21,22). The van der Waals surface area contributed by atoms with Crippen molar-refractivity contribution in [3.63, 3.8) is 0 Å². The van der Waals surface area contributed by atoms with Crippen molar-refractivity contribution in [3.8, 4) is 0 Å². The zero-order chi connectivity index (χ0) is 15.9. The van der Waals surface area contributed by atoms with Crippen LogP contribution in [0.2, 0.25) is 0 Å². The predicted octanol–water partition coefficient (Wildman–Crippen LogP) is 4.50. The highest BCUT2D eigenvalue weighted by Gasteiger charge is 2.03. The number of aryl methyl sites for hydroxylation is 1. The lowest BCUT2D eigenvalue weighted by molar-refractivity contribution is -0.116. The molecule has 1 heterocycles. The molecule has 0 aliphatic heterocycles. The average Bonchev–Trinajstić information content (AvgIpc) is 2.47. The Morgan fingerprint density at radius 1 is 1.32 bits per heavy atom. The Balaban J connectivity index is 1.99. The monoisotopic (exact) mass is 361 g/mol. The van der Waals surface area contributed by atoms with Crippen LogP contribution >= 0.6 is 15.9 Å². The minimum atomic E-state index is 0.0537. The maximum atomic E-state index is 11.6. The molecular formula is C17H20BrN3O. The summed E-state index contributed by atoms with van der Waals surface area (Å²) in [5.41, 5.74) is 3.01. The highest BCUT2D eigenvalue weighted by atomic mass is 79.9. The Kier molecular flexibility index (Phi) is 5.95. The summed E-state index contributed by atoms with van der Waals surface area (Å²) < 4.78 is 0.969. The number of anilines is 2. The smallest absolute Gasteiger partial charge is 0.224 e. The van der Waals surface area contributed by atoms with Crippen LogP contribution in [0, 0.1) is 6.92 Å². The number of carbonyl (C=O) groups is 1. The van der Waals surface area contributed by atoms with Gasteiger partial charge in [0.2, 0.25) is 5.91 Å². The number of pyridine rings is 1. The average molecular weight is 362 g/mol. The van der Waals surface area contributed by atoms with E-state index in [2.05, 4.69) is 31.5 Å². The second-order valence-electron chi connectivity index (χ2n) is 5.17. The summed E-state index contributed by atoms with van der Waals surface area (Å²) in [4.78, 5) is 16.0. The Morgan fingerprint density at radius 3 is 2.86 bits per heavy atom. The molecule has 0 unspecified atom stereocenters. The molecule has 1 amide bonds. The Bertz CT molecular complexity index is 658. The molecule has 0 aliphatic rings. The summed E-state index contributed by atoms with van der Waals surface area (Å²) in [6.07, 6.45) is 3.17. The van der Waals surface area contributed by atoms with Gasteiger partial charge in [0, 0.05) is 29.3 Å². The van der Waals surface area contributed by atoms with E-state index in [-0.39, 0.29) is 5.91 Å². The second-order valence-corrected chi connectivity index (χ2v) is 6.09. The third-order valence-electron chi connectivity index (χ3n) is 3.19. The van der Waals surface area contributed by atoms with E-state index in [1.54, 1.807) is 6.20 Å². The summed E-state index contributed by atoms with van der Waals surface area (Å²) in [5.74, 6) is 0.918. The zero-order valence-corrected chi connectivity index (χ0v) is 14.4. The molecule has 4 nitrogen and oxygen atoms in total. The third-order valence-corrected chi connectivity index (χ3v) is 3.63. The summed E-state index contributed by atoms with van der Waals surface area (Å²) >= 11 is 3.41. The van der Waals surface area contributed by atoms with Crippen molar-refractivity contribution in [1.82, 2.24) is 4.98 Å². The molecule has 0 bridgehead atoms. The van der Waals surface area contributed by atoms with Gasteiger partial charge in [0.05, 0.1) is 0 Å². The van der Waals surface area contributed by atoms with Gasteiger partial charge in [0.25, 0.3) is 0 Å². The molecule has 22 heavy (non-hydrogen) atoms. The van der Waals surface area contributed by atoms with Gasteiger partial charge in [-0.1, -0.05) is 19.1 Å². The van der Waals surface area contributed by atoms with E-state index in [9.17, 15) is 4.79 Å². The van der Waals surface area contributed by atoms with Crippen LogP contribution in [0.25, 0.3) is 0 Å². The third kappa shape index (κ3) is 4.84. The summed E-state index contributed by atoms with van der Waals surface area (Å²) in [6.45, 7) is 4.67. The van der Waals surface area contributed by atoms with E-state index < -0.39 is 0 Å². The molecule has 0 spiro atoms. The van der Waals surface area contributed by atoms with Gasteiger partial charge in [-0.2, -0.15) is 0 Å². The van der Waals surface area contributed by atoms with Gasteiger partial charge in [-0.25, -0.2) is 4.98 Å². The van der Waals surface area contributed by atoms with E-state index in [0.29, 0.717) is 13.0 Å². The van der Waals surface area contributed by atoms with Gasteiger partial charge in [-0.3, -0.25) is 4.79 Å². The van der Waals surface area contributed by atoms with E-state index in [1.165, 1.54) is 0 Å². The van der Waals surface area contributed by atoms with Crippen LogP contribution in [0.15, 0.2) is 41.0 Å². The maximum absolute atomic E-state index is 11.6. The van der Waals surface area contributed by atoms with E-state index in [1.807, 2.05) is 44.2 Å². The number of nitrogens with one attached hydrogen (secondary N) is 2. The van der Waals surface area contributed by atoms with E-state index >= 15 is 0 Å². The number of rotatable bonds is 6. The second kappa shape index (κ2) is 7.94. The molecule has 1 aromatic heterocycles. The van der Waals surface area contributed by atoms with Crippen LogP contribution in [-0.2, 0) is 11.3 Å². The van der Waals surface area contributed by atoms with Gasteiger partial charge in [0.1, 0.15) is 5.82 Å². The van der Waals surface area contributed by atoms with Crippen molar-refractivity contribution in [2.75, 3.05) is 10.6 Å². The van der Waals surface area contributed by atoms with Crippen molar-refractivity contribution in [2.24, 2.45) is 0 Å². The SMILES string of the molecule is CCCC(=O)Nc1cccc(CNc2ncc(Br)cc2C)c1. The van der Waals surface area contributed by atoms with E-state index in [4.69, 9.17) is 0 Å². The number of aromatic nitrogens is 1. The van der Waals surface area contributed by atoms with Crippen molar-refractivity contribution in [3.05, 3.63) is 52.1 Å². The largest absolute Gasteiger partial charge is 0.366 e. The molecule has 5 heteroatoms. The quantitative estimate of drug-likeness (QED) is 0.795. The number of nitrogens with zero attached hydrogens (tertiary/aromatic N) is 1. The highest BCUT2D eigenvalue weighted by molar-refractivity contribution is 9.10. The lowest BCUT2D eigenvalue weighted by Crippen LogP contribution is -2.11. The van der Waals surface area contributed by atoms with Crippen molar-refractivity contribution >= 4 is 33.3 Å². The zero-order valence-electron chi connectivity index (χ0n) is 12.8. The van der Waals surface area contributed by atoms with Crippen LogP contribution in [0.1, 0.15) is 30.9 Å². The molecule has 0 saturated carbocycles. The predicted molar refractivity (Wildman–Crippen MR) is 94.0 cm³/mol.